The minimum absolute atomic E-state index is 0.741. The number of hydrogen-bond donors (Lipinski definition) is 1. The van der Waals surface area contributed by atoms with Crippen molar-refractivity contribution in [2.45, 2.75) is 12.8 Å². The number of nitrogens with one attached hydrogen (secondary N) is 1. The van der Waals surface area contributed by atoms with Crippen molar-refractivity contribution in [2.75, 3.05) is 31.6 Å². The summed E-state index contributed by atoms with van der Waals surface area (Å²) < 4.78 is 0. The largest absolute Gasteiger partial charge is 0.358 e. The highest BCUT2D eigenvalue weighted by Gasteiger charge is 2.15. The molecule has 1 fully saturated rings. The van der Waals surface area contributed by atoms with Crippen LogP contribution in [0.5, 0.6) is 0 Å². The quantitative estimate of drug-likeness (QED) is 0.798. The lowest BCUT2D eigenvalue weighted by Gasteiger charge is -2.27. The second-order valence-corrected chi connectivity index (χ2v) is 4.16. The van der Waals surface area contributed by atoms with E-state index in [4.69, 9.17) is 0 Å². The standard InChI is InChI=1S/C11H18N4/c1-15(11-8-13-5-6-14-11)9-10-3-2-4-12-7-10/h5-6,8,10,12H,2-4,7,9H2,1H3/t10-/m0/s1. The zero-order chi connectivity index (χ0) is 10.5. The van der Waals surface area contributed by atoms with Crippen molar-refractivity contribution in [2.24, 2.45) is 5.92 Å². The van der Waals surface area contributed by atoms with Crippen molar-refractivity contribution in [1.82, 2.24) is 15.3 Å². The Bertz CT molecular complexity index is 282. The van der Waals surface area contributed by atoms with Gasteiger partial charge in [0, 0.05) is 26.0 Å². The first-order chi connectivity index (χ1) is 7.36. The molecule has 0 saturated carbocycles. The molecule has 1 aliphatic heterocycles. The Morgan fingerprint density at radius 1 is 1.53 bits per heavy atom. The minimum atomic E-state index is 0.741. The van der Waals surface area contributed by atoms with Crippen LogP contribution >= 0.6 is 0 Å². The number of aromatic nitrogens is 2. The first-order valence-corrected chi connectivity index (χ1v) is 5.54. The molecule has 2 heterocycles. The first-order valence-electron chi connectivity index (χ1n) is 5.54. The molecular weight excluding hydrogens is 188 g/mol. The molecule has 82 valence electrons. The van der Waals surface area contributed by atoms with Gasteiger partial charge in [-0.15, -0.1) is 0 Å². The molecule has 1 aliphatic rings. The second kappa shape index (κ2) is 5.07. The topological polar surface area (TPSA) is 41.0 Å². The minimum Gasteiger partial charge on any atom is -0.358 e. The van der Waals surface area contributed by atoms with Crippen molar-refractivity contribution in [3.8, 4) is 0 Å². The van der Waals surface area contributed by atoms with Gasteiger partial charge in [-0.25, -0.2) is 4.98 Å². The summed E-state index contributed by atoms with van der Waals surface area (Å²) in [6.07, 6.45) is 7.87. The predicted molar refractivity (Wildman–Crippen MR) is 60.9 cm³/mol. The van der Waals surface area contributed by atoms with Gasteiger partial charge < -0.3 is 10.2 Å². The molecule has 0 unspecified atom stereocenters. The van der Waals surface area contributed by atoms with Gasteiger partial charge in [0.05, 0.1) is 6.20 Å². The molecule has 0 aromatic carbocycles. The normalized spacial score (nSPS) is 21.3. The van der Waals surface area contributed by atoms with E-state index in [0.29, 0.717) is 0 Å². The molecule has 4 nitrogen and oxygen atoms in total. The van der Waals surface area contributed by atoms with E-state index < -0.39 is 0 Å². The molecular formula is C11H18N4. The summed E-state index contributed by atoms with van der Waals surface area (Å²) >= 11 is 0. The zero-order valence-electron chi connectivity index (χ0n) is 9.19. The molecule has 1 aromatic rings. The number of rotatable bonds is 3. The molecule has 4 heteroatoms. The average Bonchev–Trinajstić information content (AvgIpc) is 2.31. The summed E-state index contributed by atoms with van der Waals surface area (Å²) in [4.78, 5) is 10.6. The van der Waals surface area contributed by atoms with Crippen molar-refractivity contribution in [3.63, 3.8) is 0 Å². The Morgan fingerprint density at radius 3 is 3.13 bits per heavy atom. The molecule has 0 bridgehead atoms. The molecule has 2 rings (SSSR count). The highest BCUT2D eigenvalue weighted by atomic mass is 15.2. The van der Waals surface area contributed by atoms with Gasteiger partial charge in [0.15, 0.2) is 0 Å². The van der Waals surface area contributed by atoms with E-state index >= 15 is 0 Å². The lowest BCUT2D eigenvalue weighted by atomic mass is 9.99. The van der Waals surface area contributed by atoms with E-state index in [0.717, 1.165) is 24.8 Å². The first kappa shape index (κ1) is 10.4. The summed E-state index contributed by atoms with van der Waals surface area (Å²) in [5.74, 6) is 1.70. The van der Waals surface area contributed by atoms with E-state index in [1.165, 1.54) is 19.4 Å². The summed E-state index contributed by atoms with van der Waals surface area (Å²) in [5.41, 5.74) is 0. The van der Waals surface area contributed by atoms with Gasteiger partial charge in [0.25, 0.3) is 0 Å². The lowest BCUT2D eigenvalue weighted by Crippen LogP contribution is -2.37. The van der Waals surface area contributed by atoms with Crippen LogP contribution in [0.4, 0.5) is 5.82 Å². The fourth-order valence-electron chi connectivity index (χ4n) is 2.05. The summed E-state index contributed by atoms with van der Waals surface area (Å²) in [6.45, 7) is 3.36. The number of hydrogen-bond acceptors (Lipinski definition) is 4. The molecule has 1 N–H and O–H groups in total. The third-order valence-corrected chi connectivity index (χ3v) is 2.87. The maximum Gasteiger partial charge on any atom is 0.146 e. The average molecular weight is 206 g/mol. The Hall–Kier alpha value is -1.16. The van der Waals surface area contributed by atoms with Gasteiger partial charge in [-0.2, -0.15) is 0 Å². The van der Waals surface area contributed by atoms with Crippen molar-refractivity contribution < 1.29 is 0 Å². The molecule has 15 heavy (non-hydrogen) atoms. The van der Waals surface area contributed by atoms with Crippen LogP contribution in [-0.4, -0.2) is 36.6 Å². The van der Waals surface area contributed by atoms with Gasteiger partial charge in [0.2, 0.25) is 0 Å². The van der Waals surface area contributed by atoms with Crippen LogP contribution < -0.4 is 10.2 Å². The van der Waals surface area contributed by atoms with E-state index in [2.05, 4.69) is 27.2 Å². The van der Waals surface area contributed by atoms with Crippen LogP contribution in [0.1, 0.15) is 12.8 Å². The van der Waals surface area contributed by atoms with Gasteiger partial charge in [-0.05, 0) is 31.8 Å². The molecule has 1 atom stereocenters. The molecule has 1 saturated heterocycles. The Kier molecular flexibility index (Phi) is 3.50. The third kappa shape index (κ3) is 2.89. The van der Waals surface area contributed by atoms with Crippen LogP contribution in [0.3, 0.4) is 0 Å². The molecule has 0 radical (unpaired) electrons. The number of nitrogens with zero attached hydrogens (tertiary/aromatic N) is 3. The van der Waals surface area contributed by atoms with Gasteiger partial charge in [-0.3, -0.25) is 4.98 Å². The fraction of sp³-hybridized carbons (Fsp3) is 0.636. The van der Waals surface area contributed by atoms with Crippen molar-refractivity contribution in [3.05, 3.63) is 18.6 Å². The second-order valence-electron chi connectivity index (χ2n) is 4.16. The van der Waals surface area contributed by atoms with Crippen LogP contribution in [0.15, 0.2) is 18.6 Å². The molecule has 0 spiro atoms. The van der Waals surface area contributed by atoms with Crippen LogP contribution in [0, 0.1) is 5.92 Å². The highest BCUT2D eigenvalue weighted by molar-refractivity contribution is 5.33. The molecule has 1 aromatic heterocycles. The van der Waals surface area contributed by atoms with E-state index in [1.807, 2.05) is 6.20 Å². The smallest absolute Gasteiger partial charge is 0.146 e. The highest BCUT2D eigenvalue weighted by Crippen LogP contribution is 2.14. The Morgan fingerprint density at radius 2 is 2.47 bits per heavy atom. The maximum atomic E-state index is 4.29. The van der Waals surface area contributed by atoms with Crippen LogP contribution in [-0.2, 0) is 0 Å². The number of anilines is 1. The van der Waals surface area contributed by atoms with Crippen molar-refractivity contribution in [1.29, 1.82) is 0 Å². The maximum absolute atomic E-state index is 4.29. The van der Waals surface area contributed by atoms with Gasteiger partial charge in [-0.1, -0.05) is 0 Å². The lowest BCUT2D eigenvalue weighted by molar-refractivity contribution is 0.380. The summed E-state index contributed by atoms with van der Waals surface area (Å²) in [6, 6.07) is 0. The Labute approximate surface area is 90.7 Å². The van der Waals surface area contributed by atoms with Crippen LogP contribution in [0.2, 0.25) is 0 Å². The summed E-state index contributed by atoms with van der Waals surface area (Å²) in [5, 5.41) is 3.43. The van der Waals surface area contributed by atoms with E-state index in [-0.39, 0.29) is 0 Å². The zero-order valence-corrected chi connectivity index (χ0v) is 9.19. The number of piperidine rings is 1. The van der Waals surface area contributed by atoms with E-state index in [1.54, 1.807) is 12.4 Å². The van der Waals surface area contributed by atoms with Gasteiger partial charge >= 0.3 is 0 Å². The van der Waals surface area contributed by atoms with Gasteiger partial charge in [0.1, 0.15) is 5.82 Å². The molecule has 0 amide bonds. The van der Waals surface area contributed by atoms with Crippen molar-refractivity contribution >= 4 is 5.82 Å². The fourth-order valence-corrected chi connectivity index (χ4v) is 2.05. The Balaban J connectivity index is 1.88. The predicted octanol–water partition coefficient (Wildman–Crippen LogP) is 0.912. The van der Waals surface area contributed by atoms with E-state index in [9.17, 15) is 0 Å². The molecule has 0 aliphatic carbocycles. The monoisotopic (exact) mass is 206 g/mol. The third-order valence-electron chi connectivity index (χ3n) is 2.87. The summed E-state index contributed by atoms with van der Waals surface area (Å²) in [7, 11) is 2.08. The van der Waals surface area contributed by atoms with Crippen LogP contribution in [0.25, 0.3) is 0 Å². The SMILES string of the molecule is CN(C[C@H]1CCCNC1)c1cnccn1.